The SMILES string of the molecule is COCCN1C(=O)c2ccccc2[C@H](C(=O)O)[C@H]1c1cn(C)c2ccccc12. The van der Waals surface area contributed by atoms with E-state index in [4.69, 9.17) is 4.74 Å². The molecule has 1 aromatic heterocycles. The van der Waals surface area contributed by atoms with Crippen LogP contribution in [0.15, 0.2) is 54.7 Å². The molecule has 1 aliphatic heterocycles. The van der Waals surface area contributed by atoms with Crippen molar-refractivity contribution in [2.75, 3.05) is 20.3 Å². The quantitative estimate of drug-likeness (QED) is 0.740. The Morgan fingerprint density at radius 3 is 2.57 bits per heavy atom. The summed E-state index contributed by atoms with van der Waals surface area (Å²) < 4.78 is 7.18. The topological polar surface area (TPSA) is 71.8 Å². The van der Waals surface area contributed by atoms with Gasteiger partial charge in [0.2, 0.25) is 0 Å². The normalized spacial score (nSPS) is 19.1. The number of fused-ring (bicyclic) bond motifs is 2. The van der Waals surface area contributed by atoms with E-state index in [0.29, 0.717) is 24.3 Å². The second kappa shape index (κ2) is 7.13. The zero-order chi connectivity index (χ0) is 19.8. The van der Waals surface area contributed by atoms with Crippen LogP contribution in [-0.2, 0) is 16.6 Å². The number of carbonyl (C=O) groups is 2. The van der Waals surface area contributed by atoms with Gasteiger partial charge in [-0.2, -0.15) is 0 Å². The second-order valence-corrected chi connectivity index (χ2v) is 7.05. The van der Waals surface area contributed by atoms with E-state index in [-0.39, 0.29) is 5.91 Å². The molecule has 0 fully saturated rings. The average Bonchev–Trinajstić information content (AvgIpc) is 3.03. The summed E-state index contributed by atoms with van der Waals surface area (Å²) in [5.74, 6) is -1.96. The molecule has 3 aromatic rings. The molecule has 0 saturated carbocycles. The molecule has 2 atom stereocenters. The van der Waals surface area contributed by atoms with Gasteiger partial charge in [-0.15, -0.1) is 0 Å². The summed E-state index contributed by atoms with van der Waals surface area (Å²) >= 11 is 0. The first kappa shape index (κ1) is 18.3. The van der Waals surface area contributed by atoms with E-state index in [9.17, 15) is 14.7 Å². The van der Waals surface area contributed by atoms with Crippen molar-refractivity contribution >= 4 is 22.8 Å². The van der Waals surface area contributed by atoms with Crippen LogP contribution in [0.4, 0.5) is 0 Å². The van der Waals surface area contributed by atoms with Gasteiger partial charge < -0.3 is 19.3 Å². The van der Waals surface area contributed by atoms with Crippen molar-refractivity contribution in [3.05, 3.63) is 71.4 Å². The van der Waals surface area contributed by atoms with Gasteiger partial charge in [0.25, 0.3) is 5.91 Å². The molecule has 0 saturated heterocycles. The van der Waals surface area contributed by atoms with Crippen molar-refractivity contribution in [1.29, 1.82) is 0 Å². The first-order chi connectivity index (χ1) is 13.5. The Balaban J connectivity index is 1.97. The van der Waals surface area contributed by atoms with E-state index in [2.05, 4.69) is 0 Å². The van der Waals surface area contributed by atoms with Crippen LogP contribution >= 0.6 is 0 Å². The van der Waals surface area contributed by atoms with Crippen LogP contribution < -0.4 is 0 Å². The van der Waals surface area contributed by atoms with Crippen molar-refractivity contribution in [2.24, 2.45) is 7.05 Å². The highest BCUT2D eigenvalue weighted by Gasteiger charge is 2.45. The lowest BCUT2D eigenvalue weighted by Gasteiger charge is -2.40. The highest BCUT2D eigenvalue weighted by molar-refractivity contribution is 6.01. The van der Waals surface area contributed by atoms with Gasteiger partial charge in [-0.1, -0.05) is 36.4 Å². The largest absolute Gasteiger partial charge is 0.481 e. The van der Waals surface area contributed by atoms with E-state index in [1.165, 1.54) is 0 Å². The second-order valence-electron chi connectivity index (χ2n) is 7.05. The van der Waals surface area contributed by atoms with Crippen LogP contribution in [0.5, 0.6) is 0 Å². The monoisotopic (exact) mass is 378 g/mol. The lowest BCUT2D eigenvalue weighted by atomic mass is 9.79. The van der Waals surface area contributed by atoms with Crippen LogP contribution in [0, 0.1) is 0 Å². The van der Waals surface area contributed by atoms with Crippen LogP contribution in [-0.4, -0.2) is 46.7 Å². The van der Waals surface area contributed by atoms with E-state index in [1.54, 1.807) is 36.3 Å². The van der Waals surface area contributed by atoms with Gasteiger partial charge in [0, 0.05) is 48.9 Å². The molecular weight excluding hydrogens is 356 g/mol. The van der Waals surface area contributed by atoms with Gasteiger partial charge in [-0.05, 0) is 17.7 Å². The van der Waals surface area contributed by atoms with Gasteiger partial charge in [-0.3, -0.25) is 9.59 Å². The summed E-state index contributed by atoms with van der Waals surface area (Å²) in [6.07, 6.45) is 1.94. The van der Waals surface area contributed by atoms with Crippen molar-refractivity contribution in [3.63, 3.8) is 0 Å². The van der Waals surface area contributed by atoms with E-state index in [0.717, 1.165) is 16.5 Å². The highest BCUT2D eigenvalue weighted by Crippen LogP contribution is 2.45. The third kappa shape index (κ3) is 2.77. The summed E-state index contributed by atoms with van der Waals surface area (Å²) in [5, 5.41) is 11.1. The molecule has 0 aliphatic carbocycles. The number of aromatic nitrogens is 1. The van der Waals surface area contributed by atoms with Gasteiger partial charge in [0.15, 0.2) is 0 Å². The van der Waals surface area contributed by atoms with Crippen LogP contribution in [0.2, 0.25) is 0 Å². The lowest BCUT2D eigenvalue weighted by molar-refractivity contribution is -0.140. The van der Waals surface area contributed by atoms with Crippen molar-refractivity contribution in [1.82, 2.24) is 9.47 Å². The molecule has 28 heavy (non-hydrogen) atoms. The molecule has 6 heteroatoms. The zero-order valence-corrected chi connectivity index (χ0v) is 15.8. The number of hydrogen-bond donors (Lipinski definition) is 1. The average molecular weight is 378 g/mol. The summed E-state index contributed by atoms with van der Waals surface area (Å²) in [6, 6.07) is 14.2. The van der Waals surface area contributed by atoms with Gasteiger partial charge >= 0.3 is 5.97 Å². The number of nitrogens with zero attached hydrogens (tertiary/aromatic N) is 2. The smallest absolute Gasteiger partial charge is 0.313 e. The lowest BCUT2D eigenvalue weighted by Crippen LogP contribution is -2.46. The third-order valence-corrected chi connectivity index (χ3v) is 5.49. The minimum absolute atomic E-state index is 0.164. The number of benzene rings is 2. The highest BCUT2D eigenvalue weighted by atomic mass is 16.5. The number of carboxylic acids is 1. The fourth-order valence-corrected chi connectivity index (χ4v) is 4.25. The third-order valence-electron chi connectivity index (χ3n) is 5.49. The molecule has 4 rings (SSSR count). The van der Waals surface area contributed by atoms with Crippen LogP contribution in [0.3, 0.4) is 0 Å². The Labute approximate surface area is 162 Å². The molecule has 0 spiro atoms. The van der Waals surface area contributed by atoms with E-state index in [1.807, 2.05) is 42.1 Å². The van der Waals surface area contributed by atoms with Crippen molar-refractivity contribution < 1.29 is 19.4 Å². The summed E-state index contributed by atoms with van der Waals surface area (Å²) in [4.78, 5) is 27.3. The summed E-state index contributed by atoms with van der Waals surface area (Å²) in [6.45, 7) is 0.656. The molecule has 144 valence electrons. The maximum absolute atomic E-state index is 13.3. The van der Waals surface area contributed by atoms with E-state index >= 15 is 0 Å². The number of ether oxygens (including phenoxy) is 1. The minimum atomic E-state index is -0.944. The van der Waals surface area contributed by atoms with Gasteiger partial charge in [-0.25, -0.2) is 0 Å². The number of aryl methyl sites for hydroxylation is 1. The minimum Gasteiger partial charge on any atom is -0.481 e. The number of carbonyl (C=O) groups excluding carboxylic acids is 1. The summed E-state index contributed by atoms with van der Waals surface area (Å²) in [5.41, 5.74) is 2.85. The maximum Gasteiger partial charge on any atom is 0.313 e. The predicted octanol–water partition coefficient (Wildman–Crippen LogP) is 3.19. The number of hydrogen-bond acceptors (Lipinski definition) is 3. The van der Waals surface area contributed by atoms with Crippen LogP contribution in [0.25, 0.3) is 10.9 Å². The first-order valence-electron chi connectivity index (χ1n) is 9.20. The molecule has 2 heterocycles. The molecular formula is C22H22N2O4. The number of methoxy groups -OCH3 is 1. The number of carboxylic acid groups (broad SMARTS) is 1. The summed E-state index contributed by atoms with van der Waals surface area (Å²) in [7, 11) is 3.50. The molecule has 6 nitrogen and oxygen atoms in total. The van der Waals surface area contributed by atoms with Crippen LogP contribution in [0.1, 0.15) is 33.4 Å². The molecule has 1 aliphatic rings. The first-order valence-corrected chi connectivity index (χ1v) is 9.20. The fourth-order valence-electron chi connectivity index (χ4n) is 4.25. The van der Waals surface area contributed by atoms with Gasteiger partial charge in [0.1, 0.15) is 5.92 Å². The fraction of sp³-hybridized carbons (Fsp3) is 0.273. The Bertz CT molecular complexity index is 1060. The standard InChI is InChI=1S/C22H22N2O4/c1-23-13-17(14-7-5-6-10-18(14)23)20-19(22(26)27)15-8-3-4-9-16(15)21(25)24(20)11-12-28-2/h3-10,13,19-20H,11-12H2,1-2H3,(H,26,27)/t19-,20+/m0/s1. The molecule has 1 amide bonds. The molecule has 0 radical (unpaired) electrons. The number of amides is 1. The number of rotatable bonds is 5. The van der Waals surface area contributed by atoms with Gasteiger partial charge in [0.05, 0.1) is 12.6 Å². The molecule has 1 N–H and O–H groups in total. The zero-order valence-electron chi connectivity index (χ0n) is 15.8. The Morgan fingerprint density at radius 2 is 1.82 bits per heavy atom. The Morgan fingerprint density at radius 1 is 1.11 bits per heavy atom. The van der Waals surface area contributed by atoms with Crippen molar-refractivity contribution in [2.45, 2.75) is 12.0 Å². The Kier molecular flexibility index (Phi) is 4.65. The molecule has 0 unspecified atom stereocenters. The van der Waals surface area contributed by atoms with Crippen molar-refractivity contribution in [3.8, 4) is 0 Å². The number of para-hydroxylation sites is 1. The number of aliphatic carboxylic acids is 1. The molecule has 2 aromatic carbocycles. The maximum atomic E-state index is 13.3. The Hall–Kier alpha value is -3.12. The predicted molar refractivity (Wildman–Crippen MR) is 105 cm³/mol. The molecule has 0 bridgehead atoms. The van der Waals surface area contributed by atoms with E-state index < -0.39 is 17.9 Å².